The maximum absolute atomic E-state index is 13.5. The van der Waals surface area contributed by atoms with Gasteiger partial charge in [-0.1, -0.05) is 46.4 Å². The zero-order chi connectivity index (χ0) is 21.6. The summed E-state index contributed by atoms with van der Waals surface area (Å²) in [5.74, 6) is -0.518. The quantitative estimate of drug-likeness (QED) is 0.268. The molecule has 0 fully saturated rings. The zero-order valence-electron chi connectivity index (χ0n) is 14.7. The fraction of sp³-hybridized carbons (Fsp3) is 0. The molecule has 0 atom stereocenters. The van der Waals surface area contributed by atoms with Crippen LogP contribution < -0.4 is 0 Å². The number of carbonyl (C=O) groups excluding carboxylic acids is 1. The molecule has 0 saturated heterocycles. The van der Waals surface area contributed by atoms with Crippen LogP contribution in [0, 0.1) is 0 Å². The number of carbonyl (C=O) groups is 1. The first-order valence-electron chi connectivity index (χ1n) is 8.34. The van der Waals surface area contributed by atoms with Crippen molar-refractivity contribution < 1.29 is 15.0 Å². The molecule has 0 aliphatic rings. The Bertz CT molecular complexity index is 1150. The second kappa shape index (κ2) is 8.42. The van der Waals surface area contributed by atoms with Crippen molar-refractivity contribution in [2.75, 3.05) is 0 Å². The first kappa shape index (κ1) is 21.5. The second-order valence-electron chi connectivity index (χ2n) is 6.22. The van der Waals surface area contributed by atoms with Gasteiger partial charge in [0.25, 0.3) is 0 Å². The average molecular weight is 516 g/mol. The molecule has 0 saturated carbocycles. The van der Waals surface area contributed by atoms with Crippen molar-refractivity contribution in [2.45, 2.75) is 0 Å². The molecule has 9 heteroatoms. The Morgan fingerprint density at radius 3 is 1.47 bits per heavy atom. The van der Waals surface area contributed by atoms with Crippen LogP contribution >= 0.6 is 69.1 Å². The Kier molecular flexibility index (Phi) is 6.04. The highest BCUT2D eigenvalue weighted by Crippen LogP contribution is 2.45. The third-order valence-corrected chi connectivity index (χ3v) is 7.21. The van der Waals surface area contributed by atoms with Gasteiger partial charge in [0.15, 0.2) is 0 Å². The van der Waals surface area contributed by atoms with Gasteiger partial charge in [-0.2, -0.15) is 0 Å². The Labute approximate surface area is 199 Å². The maximum Gasteiger partial charge on any atom is 0.214 e. The number of ketones is 1. The highest BCUT2D eigenvalue weighted by Gasteiger charge is 2.25. The average Bonchev–Trinajstić information content (AvgIpc) is 3.29. The molecule has 2 aromatic carbocycles. The van der Waals surface area contributed by atoms with Crippen LogP contribution in [-0.2, 0) is 0 Å². The minimum absolute atomic E-state index is 0.121. The molecule has 30 heavy (non-hydrogen) atoms. The SMILES string of the molecule is O=C(c1sccc1-c1c(O)cc(Cl)cc1Cl)c1sccc1-c1c(O)cc(Cl)cc1Cl. The number of hydrogen-bond donors (Lipinski definition) is 2. The highest BCUT2D eigenvalue weighted by atomic mass is 35.5. The van der Waals surface area contributed by atoms with Crippen LogP contribution in [0.5, 0.6) is 11.5 Å². The summed E-state index contributed by atoms with van der Waals surface area (Å²) in [5.41, 5.74) is 1.65. The van der Waals surface area contributed by atoms with E-state index in [1.807, 2.05) is 0 Å². The lowest BCUT2D eigenvalue weighted by molar-refractivity contribution is 0.104. The molecular weight excluding hydrogens is 506 g/mol. The van der Waals surface area contributed by atoms with Crippen LogP contribution in [-0.4, -0.2) is 16.0 Å². The summed E-state index contributed by atoms with van der Waals surface area (Å²) in [5, 5.41) is 25.3. The normalized spacial score (nSPS) is 11.1. The van der Waals surface area contributed by atoms with Gasteiger partial charge in [0, 0.05) is 32.3 Å². The zero-order valence-corrected chi connectivity index (χ0v) is 19.4. The van der Waals surface area contributed by atoms with Crippen LogP contribution in [0.4, 0.5) is 0 Å². The van der Waals surface area contributed by atoms with Gasteiger partial charge in [0.2, 0.25) is 5.78 Å². The molecule has 4 aromatic rings. The Morgan fingerprint density at radius 1 is 0.700 bits per heavy atom. The van der Waals surface area contributed by atoms with E-state index in [1.54, 1.807) is 22.9 Å². The lowest BCUT2D eigenvalue weighted by Crippen LogP contribution is -2.00. The number of benzene rings is 2. The summed E-state index contributed by atoms with van der Waals surface area (Å²) < 4.78 is 0. The molecule has 3 nitrogen and oxygen atoms in total. The number of halogens is 4. The predicted octanol–water partition coefficient (Wildman–Crippen LogP) is 8.40. The van der Waals surface area contributed by atoms with E-state index in [0.717, 1.165) is 0 Å². The fourth-order valence-electron chi connectivity index (χ4n) is 3.12. The molecule has 152 valence electrons. The topological polar surface area (TPSA) is 57.5 Å². The summed E-state index contributed by atoms with van der Waals surface area (Å²) in [4.78, 5) is 14.2. The molecule has 2 N–H and O–H groups in total. The van der Waals surface area contributed by atoms with Crippen molar-refractivity contribution in [2.24, 2.45) is 0 Å². The largest absolute Gasteiger partial charge is 0.507 e. The molecule has 0 radical (unpaired) electrons. The molecule has 4 rings (SSSR count). The van der Waals surface area contributed by atoms with Crippen molar-refractivity contribution in [3.63, 3.8) is 0 Å². The van der Waals surface area contributed by atoms with E-state index >= 15 is 0 Å². The van der Waals surface area contributed by atoms with E-state index in [0.29, 0.717) is 32.0 Å². The van der Waals surface area contributed by atoms with Crippen LogP contribution in [0.3, 0.4) is 0 Å². The Hall–Kier alpha value is -1.73. The maximum atomic E-state index is 13.5. The van der Waals surface area contributed by atoms with Gasteiger partial charge in [0.05, 0.1) is 19.8 Å². The van der Waals surface area contributed by atoms with Gasteiger partial charge in [-0.25, -0.2) is 0 Å². The van der Waals surface area contributed by atoms with E-state index in [2.05, 4.69) is 0 Å². The fourth-order valence-corrected chi connectivity index (χ4v) is 6.05. The van der Waals surface area contributed by atoms with E-state index in [9.17, 15) is 15.0 Å². The molecular formula is C21H10Cl4O3S2. The first-order chi connectivity index (χ1) is 14.3. The minimum atomic E-state index is -0.277. The van der Waals surface area contributed by atoms with Gasteiger partial charge in [0.1, 0.15) is 11.5 Å². The van der Waals surface area contributed by atoms with E-state index < -0.39 is 0 Å². The van der Waals surface area contributed by atoms with E-state index in [4.69, 9.17) is 46.4 Å². The molecule has 0 aliphatic heterocycles. The van der Waals surface area contributed by atoms with Crippen LogP contribution in [0.25, 0.3) is 22.3 Å². The van der Waals surface area contributed by atoms with Crippen molar-refractivity contribution >= 4 is 74.9 Å². The van der Waals surface area contributed by atoms with Gasteiger partial charge < -0.3 is 10.2 Å². The third kappa shape index (κ3) is 3.82. The molecule has 0 aliphatic carbocycles. The lowest BCUT2D eigenvalue weighted by Gasteiger charge is -2.11. The first-order valence-corrected chi connectivity index (χ1v) is 11.6. The summed E-state index contributed by atoms with van der Waals surface area (Å²) in [6.45, 7) is 0. The van der Waals surface area contributed by atoms with E-state index in [1.165, 1.54) is 46.9 Å². The number of rotatable bonds is 4. The van der Waals surface area contributed by atoms with Crippen LogP contribution in [0.1, 0.15) is 14.5 Å². The molecule has 0 bridgehead atoms. The molecule has 0 amide bonds. The van der Waals surface area contributed by atoms with Crippen LogP contribution in [0.15, 0.2) is 47.2 Å². The predicted molar refractivity (Wildman–Crippen MR) is 126 cm³/mol. The molecule has 0 unspecified atom stereocenters. The highest BCUT2D eigenvalue weighted by molar-refractivity contribution is 7.16. The summed E-state index contributed by atoms with van der Waals surface area (Å²) in [6, 6.07) is 9.19. The third-order valence-electron chi connectivity index (χ3n) is 4.35. The monoisotopic (exact) mass is 514 g/mol. The standard InChI is InChI=1S/C21H10Cl4O3S2/c22-9-5-13(24)17(15(26)7-9)11-1-3-29-20(11)19(28)21-12(2-4-30-21)18-14(25)6-10(23)8-16(18)27/h1-8,26-27H. The lowest BCUT2D eigenvalue weighted by atomic mass is 10.00. The van der Waals surface area contributed by atoms with Gasteiger partial charge in [-0.3, -0.25) is 4.79 Å². The van der Waals surface area contributed by atoms with Crippen LogP contribution in [0.2, 0.25) is 20.1 Å². The van der Waals surface area contributed by atoms with Crippen molar-refractivity contribution in [3.8, 4) is 33.8 Å². The molecule has 0 spiro atoms. The van der Waals surface area contributed by atoms with Gasteiger partial charge >= 0.3 is 0 Å². The number of hydrogen-bond acceptors (Lipinski definition) is 5. The summed E-state index contributed by atoms with van der Waals surface area (Å²) in [6.07, 6.45) is 0. The van der Waals surface area contributed by atoms with Gasteiger partial charge in [-0.05, 0) is 47.2 Å². The number of phenolic OH excluding ortho intramolecular Hbond substituents is 2. The van der Waals surface area contributed by atoms with Crippen molar-refractivity contribution in [1.29, 1.82) is 0 Å². The molecule has 2 aromatic heterocycles. The smallest absolute Gasteiger partial charge is 0.214 e. The Morgan fingerprint density at radius 2 is 1.10 bits per heavy atom. The van der Waals surface area contributed by atoms with E-state index in [-0.39, 0.29) is 37.4 Å². The van der Waals surface area contributed by atoms with Crippen molar-refractivity contribution in [3.05, 3.63) is 77.0 Å². The number of phenols is 2. The number of thiophene rings is 2. The second-order valence-corrected chi connectivity index (χ2v) is 9.74. The summed E-state index contributed by atoms with van der Waals surface area (Å²) in [7, 11) is 0. The summed E-state index contributed by atoms with van der Waals surface area (Å²) >= 11 is 26.9. The van der Waals surface area contributed by atoms with Gasteiger partial charge in [-0.15, -0.1) is 22.7 Å². The molecule has 2 heterocycles. The number of aromatic hydroxyl groups is 2. The minimum Gasteiger partial charge on any atom is -0.507 e. The van der Waals surface area contributed by atoms with Crippen molar-refractivity contribution in [1.82, 2.24) is 0 Å². The Balaban J connectivity index is 1.84.